The summed E-state index contributed by atoms with van der Waals surface area (Å²) in [6, 6.07) is 16.0. The van der Waals surface area contributed by atoms with Crippen LogP contribution in [-0.2, 0) is 16.6 Å². The molecule has 0 aliphatic heterocycles. The molecule has 0 radical (unpaired) electrons. The van der Waals surface area contributed by atoms with Crippen molar-refractivity contribution in [2.24, 2.45) is 0 Å². The van der Waals surface area contributed by atoms with Gasteiger partial charge < -0.3 is 9.64 Å². The normalized spacial score (nSPS) is 15.5. The molecule has 1 saturated carbocycles. The number of carbonyl (C=O) groups excluding carboxylic acids is 1. The van der Waals surface area contributed by atoms with E-state index < -0.39 is 0 Å². The van der Waals surface area contributed by atoms with E-state index >= 15 is 0 Å². The highest BCUT2D eigenvalue weighted by atomic mass is 32.2. The molecule has 6 nitrogen and oxygen atoms in total. The highest BCUT2D eigenvalue weighted by Crippen LogP contribution is 2.49. The lowest BCUT2D eigenvalue weighted by Crippen LogP contribution is -2.43. The van der Waals surface area contributed by atoms with Gasteiger partial charge in [0.2, 0.25) is 5.91 Å². The van der Waals surface area contributed by atoms with Gasteiger partial charge in [0.15, 0.2) is 5.16 Å². The Bertz CT molecular complexity index is 1390. The second-order valence-corrected chi connectivity index (χ2v) is 11.7. The van der Waals surface area contributed by atoms with Gasteiger partial charge in [0, 0.05) is 24.1 Å². The monoisotopic (exact) mass is 545 g/mol. The number of methoxy groups -OCH3 is 1. The standard InChI is InChI=1S/C32H39N3O3S/c1-4-19-34(20-5-2)27(36)22-39-31-33-29-24-14-8-7-13-23(24)21-32(17-11-6-12-18-32)28(29)30(37)35(31)25-15-9-10-16-26(25)38-3/h7-10,13-16H,4-6,11-12,17-22H2,1-3H3. The number of carbonyl (C=O) groups is 1. The number of hydrogen-bond donors (Lipinski definition) is 0. The summed E-state index contributed by atoms with van der Waals surface area (Å²) in [7, 11) is 1.62. The molecule has 1 heterocycles. The summed E-state index contributed by atoms with van der Waals surface area (Å²) in [5.41, 5.74) is 4.35. The maximum Gasteiger partial charge on any atom is 0.263 e. The van der Waals surface area contributed by atoms with E-state index in [1.165, 1.54) is 23.7 Å². The molecule has 0 N–H and O–H groups in total. The van der Waals surface area contributed by atoms with Gasteiger partial charge in [-0.25, -0.2) is 4.98 Å². The van der Waals surface area contributed by atoms with E-state index in [4.69, 9.17) is 9.72 Å². The van der Waals surface area contributed by atoms with E-state index in [1.807, 2.05) is 35.2 Å². The Morgan fingerprint density at radius 2 is 1.72 bits per heavy atom. The van der Waals surface area contributed by atoms with Crippen molar-refractivity contribution in [3.63, 3.8) is 0 Å². The number of nitrogens with zero attached hydrogens (tertiary/aromatic N) is 3. The first-order valence-corrected chi connectivity index (χ1v) is 15.3. The fourth-order valence-electron chi connectivity index (χ4n) is 6.43. The van der Waals surface area contributed by atoms with Crippen molar-refractivity contribution >= 4 is 17.7 Å². The molecule has 2 aliphatic rings. The lowest BCUT2D eigenvalue weighted by Gasteiger charge is -2.42. The van der Waals surface area contributed by atoms with Crippen LogP contribution in [0.2, 0.25) is 0 Å². The molecule has 1 spiro atoms. The summed E-state index contributed by atoms with van der Waals surface area (Å²) in [5.74, 6) is 0.918. The van der Waals surface area contributed by atoms with Crippen molar-refractivity contribution in [1.29, 1.82) is 0 Å². The van der Waals surface area contributed by atoms with Crippen LogP contribution in [0.4, 0.5) is 0 Å². The van der Waals surface area contributed by atoms with E-state index in [2.05, 4.69) is 32.0 Å². The predicted octanol–water partition coefficient (Wildman–Crippen LogP) is 6.41. The van der Waals surface area contributed by atoms with Gasteiger partial charge in [0.25, 0.3) is 5.56 Å². The summed E-state index contributed by atoms with van der Waals surface area (Å²) in [6.45, 7) is 5.65. The average molecular weight is 546 g/mol. The van der Waals surface area contributed by atoms with Crippen LogP contribution >= 0.6 is 11.8 Å². The highest BCUT2D eigenvalue weighted by Gasteiger charge is 2.43. The van der Waals surface area contributed by atoms with Crippen LogP contribution in [-0.4, -0.2) is 46.3 Å². The molecule has 39 heavy (non-hydrogen) atoms. The molecular formula is C32H39N3O3S. The SMILES string of the molecule is CCCN(CCC)C(=O)CSc1nc2c(c(=O)n1-c1ccccc1OC)C1(CCCCC1)Cc1ccccc1-2. The van der Waals surface area contributed by atoms with E-state index in [0.29, 0.717) is 16.6 Å². The zero-order chi connectivity index (χ0) is 27.4. The van der Waals surface area contributed by atoms with Gasteiger partial charge in [-0.3, -0.25) is 14.2 Å². The quantitative estimate of drug-likeness (QED) is 0.230. The van der Waals surface area contributed by atoms with Gasteiger partial charge in [-0.1, -0.05) is 81.3 Å². The van der Waals surface area contributed by atoms with Crippen LogP contribution < -0.4 is 10.3 Å². The highest BCUT2D eigenvalue weighted by molar-refractivity contribution is 7.99. The van der Waals surface area contributed by atoms with E-state index in [0.717, 1.165) is 74.9 Å². The molecular weight excluding hydrogens is 506 g/mol. The Labute approximate surface area is 235 Å². The number of aromatic nitrogens is 2. The zero-order valence-electron chi connectivity index (χ0n) is 23.4. The van der Waals surface area contributed by atoms with E-state index in [9.17, 15) is 9.59 Å². The van der Waals surface area contributed by atoms with Crippen LogP contribution in [0.3, 0.4) is 0 Å². The Balaban J connectivity index is 1.70. The van der Waals surface area contributed by atoms with Crippen LogP contribution in [0.1, 0.15) is 69.9 Å². The summed E-state index contributed by atoms with van der Waals surface area (Å²) in [5, 5.41) is 0.534. The second kappa shape index (κ2) is 12.0. The lowest BCUT2D eigenvalue weighted by atomic mass is 9.62. The minimum atomic E-state index is -0.214. The molecule has 0 atom stereocenters. The number of ether oxygens (including phenoxy) is 1. The van der Waals surface area contributed by atoms with Crippen LogP contribution in [0.5, 0.6) is 5.75 Å². The number of amides is 1. The number of para-hydroxylation sites is 2. The molecule has 7 heteroatoms. The molecule has 2 aromatic carbocycles. The molecule has 0 saturated heterocycles. The lowest BCUT2D eigenvalue weighted by molar-refractivity contribution is -0.128. The largest absolute Gasteiger partial charge is 0.495 e. The minimum absolute atomic E-state index is 0.0326. The molecule has 206 valence electrons. The third kappa shape index (κ3) is 5.25. The third-order valence-electron chi connectivity index (χ3n) is 8.19. The fourth-order valence-corrected chi connectivity index (χ4v) is 7.33. The Kier molecular flexibility index (Phi) is 8.46. The van der Waals surface area contributed by atoms with Crippen LogP contribution in [0.25, 0.3) is 16.9 Å². The van der Waals surface area contributed by atoms with Crippen LogP contribution in [0, 0.1) is 0 Å². The Morgan fingerprint density at radius 1 is 1.03 bits per heavy atom. The fraction of sp³-hybridized carbons (Fsp3) is 0.469. The predicted molar refractivity (Wildman–Crippen MR) is 158 cm³/mol. The molecule has 5 rings (SSSR count). The molecule has 1 fully saturated rings. The maximum atomic E-state index is 14.7. The first kappa shape index (κ1) is 27.5. The van der Waals surface area contributed by atoms with Crippen molar-refractivity contribution in [1.82, 2.24) is 14.5 Å². The zero-order valence-corrected chi connectivity index (χ0v) is 24.2. The van der Waals surface area contributed by atoms with Crippen molar-refractivity contribution in [3.05, 3.63) is 70.0 Å². The number of benzene rings is 2. The first-order valence-electron chi connectivity index (χ1n) is 14.3. The molecule has 0 bridgehead atoms. The number of fused-ring (bicyclic) bond motifs is 4. The number of rotatable bonds is 9. The summed E-state index contributed by atoms with van der Waals surface area (Å²) < 4.78 is 7.42. The maximum absolute atomic E-state index is 14.7. The summed E-state index contributed by atoms with van der Waals surface area (Å²) >= 11 is 1.35. The summed E-state index contributed by atoms with van der Waals surface area (Å²) in [4.78, 5) is 35.1. The molecule has 2 aliphatic carbocycles. The summed E-state index contributed by atoms with van der Waals surface area (Å²) in [6.07, 6.45) is 8.12. The second-order valence-electron chi connectivity index (χ2n) is 10.8. The van der Waals surface area contributed by atoms with Gasteiger partial charge in [0.05, 0.1) is 29.8 Å². The van der Waals surface area contributed by atoms with Gasteiger partial charge in [-0.15, -0.1) is 0 Å². The first-order chi connectivity index (χ1) is 19.0. The van der Waals surface area contributed by atoms with Gasteiger partial charge >= 0.3 is 0 Å². The van der Waals surface area contributed by atoms with Crippen molar-refractivity contribution < 1.29 is 9.53 Å². The molecule has 0 unspecified atom stereocenters. The molecule has 3 aromatic rings. The Morgan fingerprint density at radius 3 is 2.44 bits per heavy atom. The molecule has 1 amide bonds. The minimum Gasteiger partial charge on any atom is -0.495 e. The Hall–Kier alpha value is -3.06. The topological polar surface area (TPSA) is 64.4 Å². The van der Waals surface area contributed by atoms with Gasteiger partial charge in [-0.05, 0) is 49.8 Å². The van der Waals surface area contributed by atoms with Crippen molar-refractivity contribution in [2.75, 3.05) is 26.0 Å². The third-order valence-corrected chi connectivity index (χ3v) is 9.11. The van der Waals surface area contributed by atoms with Crippen LogP contribution in [0.15, 0.2) is 58.5 Å². The number of hydrogen-bond acceptors (Lipinski definition) is 5. The smallest absolute Gasteiger partial charge is 0.263 e. The van der Waals surface area contributed by atoms with Crippen molar-refractivity contribution in [3.8, 4) is 22.7 Å². The van der Waals surface area contributed by atoms with Crippen molar-refractivity contribution in [2.45, 2.75) is 75.8 Å². The average Bonchev–Trinajstić information content (AvgIpc) is 2.96. The number of thioether (sulfide) groups is 1. The van der Waals surface area contributed by atoms with Gasteiger partial charge in [0.1, 0.15) is 5.75 Å². The molecule has 1 aromatic heterocycles. The van der Waals surface area contributed by atoms with E-state index in [1.54, 1.807) is 11.7 Å². The van der Waals surface area contributed by atoms with E-state index in [-0.39, 0.29) is 22.6 Å². The van der Waals surface area contributed by atoms with Gasteiger partial charge in [-0.2, -0.15) is 0 Å².